The molecule has 8 atom stereocenters. The zero-order valence-corrected chi connectivity index (χ0v) is 23.5. The van der Waals surface area contributed by atoms with Gasteiger partial charge in [0.2, 0.25) is 0 Å². The van der Waals surface area contributed by atoms with Gasteiger partial charge in [-0.1, -0.05) is 26.8 Å². The van der Waals surface area contributed by atoms with Gasteiger partial charge in [-0.25, -0.2) is 0 Å². The number of carbonyl (C=O) groups excluding carboxylic acids is 3. The molecule has 4 aliphatic rings. The van der Waals surface area contributed by atoms with E-state index in [-0.39, 0.29) is 13.0 Å². The summed E-state index contributed by atoms with van der Waals surface area (Å²) in [5, 5.41) is 24.6. The fraction of sp³-hybridized carbons (Fsp3) is 0.821. The largest absolute Gasteiger partial charge is 0.461 e. The lowest BCUT2D eigenvalue weighted by atomic mass is 9.39. The standard InChI is InChI=1S/C28H43NO9/c1-8-25(5)15-18(31)28(34)26(6)19(37-20(32)16-29-11-13-35-14-12-29)9-10-24(3,4)22(26)21(33)23(36-17(2)30)27(28,7)38-25/h8,19,21-23,33-34H,1,9-16H2,2-7H3/t19-,21-,22-,23-,25-,26-,27+,28-/m0/s1. The van der Waals surface area contributed by atoms with Crippen molar-refractivity contribution in [1.29, 1.82) is 0 Å². The number of aliphatic hydroxyl groups is 2. The van der Waals surface area contributed by atoms with E-state index in [1.807, 2.05) is 18.7 Å². The molecular formula is C28H43NO9. The van der Waals surface area contributed by atoms with Crippen LogP contribution in [0.3, 0.4) is 0 Å². The summed E-state index contributed by atoms with van der Waals surface area (Å²) in [6.07, 6.45) is -1.33. The molecule has 38 heavy (non-hydrogen) atoms. The summed E-state index contributed by atoms with van der Waals surface area (Å²) in [4.78, 5) is 41.5. The highest BCUT2D eigenvalue weighted by molar-refractivity contribution is 5.92. The molecule has 2 N–H and O–H groups in total. The van der Waals surface area contributed by atoms with E-state index < -0.39 is 69.6 Å². The van der Waals surface area contributed by atoms with Crippen LogP contribution >= 0.6 is 0 Å². The van der Waals surface area contributed by atoms with Crippen molar-refractivity contribution in [2.75, 3.05) is 32.8 Å². The van der Waals surface area contributed by atoms with E-state index in [9.17, 15) is 24.6 Å². The van der Waals surface area contributed by atoms with Crippen molar-refractivity contribution in [3.63, 3.8) is 0 Å². The zero-order chi connectivity index (χ0) is 28.3. The number of aliphatic hydroxyl groups excluding tert-OH is 1. The maximum Gasteiger partial charge on any atom is 0.320 e. The van der Waals surface area contributed by atoms with E-state index in [0.29, 0.717) is 39.1 Å². The third-order valence-corrected chi connectivity index (χ3v) is 9.72. The number of hydrogen-bond acceptors (Lipinski definition) is 10. The molecule has 0 aromatic heterocycles. The number of morpholine rings is 1. The van der Waals surface area contributed by atoms with Crippen molar-refractivity contribution < 1.29 is 43.5 Å². The fourth-order valence-electron chi connectivity index (χ4n) is 7.96. The van der Waals surface area contributed by atoms with Crippen LogP contribution in [0.1, 0.15) is 60.8 Å². The number of nitrogens with zero attached hydrogens (tertiary/aromatic N) is 1. The minimum absolute atomic E-state index is 0.0529. The Bertz CT molecular complexity index is 993. The summed E-state index contributed by atoms with van der Waals surface area (Å²) in [6.45, 7) is 16.1. The first-order chi connectivity index (χ1) is 17.6. The van der Waals surface area contributed by atoms with Crippen LogP contribution in [-0.2, 0) is 33.3 Å². The van der Waals surface area contributed by atoms with E-state index in [1.165, 1.54) is 19.9 Å². The van der Waals surface area contributed by atoms with Gasteiger partial charge in [0.05, 0.1) is 31.5 Å². The summed E-state index contributed by atoms with van der Waals surface area (Å²) >= 11 is 0. The second-order valence-corrected chi connectivity index (χ2v) is 12.7. The Labute approximate surface area is 224 Å². The number of rotatable bonds is 5. The van der Waals surface area contributed by atoms with Gasteiger partial charge in [-0.2, -0.15) is 0 Å². The minimum atomic E-state index is -2.26. The molecule has 10 nitrogen and oxygen atoms in total. The molecule has 2 aliphatic heterocycles. The molecule has 0 bridgehead atoms. The molecule has 0 aromatic rings. The second-order valence-electron chi connectivity index (χ2n) is 12.7. The lowest BCUT2D eigenvalue weighted by molar-refractivity contribution is -0.370. The second kappa shape index (κ2) is 9.66. The van der Waals surface area contributed by atoms with Crippen LogP contribution in [0, 0.1) is 16.7 Å². The predicted octanol–water partition coefficient (Wildman–Crippen LogP) is 1.40. The number of hydrogen-bond donors (Lipinski definition) is 2. The van der Waals surface area contributed by atoms with Crippen molar-refractivity contribution in [1.82, 2.24) is 4.90 Å². The number of fused-ring (bicyclic) bond motifs is 3. The SMILES string of the molecule is C=C[C@@]1(C)CC(=O)[C@]2(O)[C@@]3(C)[C@@H](OC(=O)CN4CCOCC4)CCC(C)(C)[C@@H]3[C@H](O)[C@H](OC(C)=O)[C@@]2(C)O1. The first kappa shape index (κ1) is 29.1. The summed E-state index contributed by atoms with van der Waals surface area (Å²) in [5.74, 6) is -2.45. The Kier molecular flexibility index (Phi) is 7.41. The molecule has 4 fully saturated rings. The van der Waals surface area contributed by atoms with Gasteiger partial charge in [0.25, 0.3) is 0 Å². The smallest absolute Gasteiger partial charge is 0.320 e. The molecule has 4 rings (SSSR count). The molecule has 2 heterocycles. The van der Waals surface area contributed by atoms with Gasteiger partial charge >= 0.3 is 11.9 Å². The molecule has 0 radical (unpaired) electrons. The molecule has 2 saturated heterocycles. The Morgan fingerprint density at radius 2 is 1.79 bits per heavy atom. The Morgan fingerprint density at radius 1 is 1.16 bits per heavy atom. The van der Waals surface area contributed by atoms with Crippen LogP contribution in [0.15, 0.2) is 12.7 Å². The van der Waals surface area contributed by atoms with Gasteiger partial charge < -0.3 is 29.2 Å². The molecular weight excluding hydrogens is 494 g/mol. The third-order valence-electron chi connectivity index (χ3n) is 9.72. The van der Waals surface area contributed by atoms with Crippen LogP contribution in [0.4, 0.5) is 0 Å². The number of carbonyl (C=O) groups is 3. The molecule has 0 amide bonds. The van der Waals surface area contributed by atoms with Gasteiger partial charge in [0.1, 0.15) is 11.7 Å². The first-order valence-electron chi connectivity index (χ1n) is 13.5. The van der Waals surface area contributed by atoms with Gasteiger partial charge in [-0.3, -0.25) is 19.3 Å². The summed E-state index contributed by atoms with van der Waals surface area (Å²) < 4.78 is 23.5. The molecule has 10 heteroatoms. The normalized spacial score (nSPS) is 44.9. The van der Waals surface area contributed by atoms with Gasteiger partial charge in [0.15, 0.2) is 17.5 Å². The highest BCUT2D eigenvalue weighted by Crippen LogP contribution is 2.67. The van der Waals surface area contributed by atoms with Crippen molar-refractivity contribution >= 4 is 17.7 Å². The highest BCUT2D eigenvalue weighted by Gasteiger charge is 2.82. The maximum atomic E-state index is 14.1. The molecule has 0 spiro atoms. The van der Waals surface area contributed by atoms with Gasteiger partial charge in [-0.15, -0.1) is 6.58 Å². The van der Waals surface area contributed by atoms with Crippen LogP contribution in [-0.4, -0.2) is 101 Å². The summed E-state index contributed by atoms with van der Waals surface area (Å²) in [7, 11) is 0. The van der Waals surface area contributed by atoms with Crippen LogP contribution in [0.25, 0.3) is 0 Å². The average Bonchev–Trinajstić information content (AvgIpc) is 2.82. The molecule has 2 aliphatic carbocycles. The lowest BCUT2D eigenvalue weighted by Gasteiger charge is -2.71. The van der Waals surface area contributed by atoms with Crippen LogP contribution in [0.5, 0.6) is 0 Å². The average molecular weight is 538 g/mol. The van der Waals surface area contributed by atoms with E-state index >= 15 is 0 Å². The Hall–Kier alpha value is -1.85. The predicted molar refractivity (Wildman–Crippen MR) is 136 cm³/mol. The highest BCUT2D eigenvalue weighted by atomic mass is 16.6. The lowest BCUT2D eigenvalue weighted by Crippen LogP contribution is -2.87. The van der Waals surface area contributed by atoms with Gasteiger partial charge in [0, 0.05) is 37.8 Å². The topological polar surface area (TPSA) is 132 Å². The summed E-state index contributed by atoms with van der Waals surface area (Å²) in [5.41, 5.74) is -7.35. The maximum absolute atomic E-state index is 14.1. The molecule has 214 valence electrons. The number of Topliss-reactive ketones (excluding diaryl/α,β-unsaturated/α-hetero) is 1. The Morgan fingerprint density at radius 3 is 2.37 bits per heavy atom. The third kappa shape index (κ3) is 4.23. The van der Waals surface area contributed by atoms with Crippen molar-refractivity contribution in [3.8, 4) is 0 Å². The number of ether oxygens (including phenoxy) is 4. The van der Waals surface area contributed by atoms with Crippen molar-refractivity contribution in [2.24, 2.45) is 16.7 Å². The van der Waals surface area contributed by atoms with Gasteiger partial charge in [-0.05, 0) is 32.1 Å². The zero-order valence-electron chi connectivity index (χ0n) is 23.5. The van der Waals surface area contributed by atoms with Crippen LogP contribution in [0.2, 0.25) is 0 Å². The summed E-state index contributed by atoms with van der Waals surface area (Å²) in [6, 6.07) is 0. The van der Waals surface area contributed by atoms with E-state index in [1.54, 1.807) is 13.8 Å². The fourth-order valence-corrected chi connectivity index (χ4v) is 7.96. The number of esters is 2. The van der Waals surface area contributed by atoms with Crippen molar-refractivity contribution in [2.45, 2.75) is 95.9 Å². The first-order valence-corrected chi connectivity index (χ1v) is 13.5. The van der Waals surface area contributed by atoms with E-state index in [0.717, 1.165) is 0 Å². The molecule has 0 unspecified atom stereocenters. The number of ketones is 1. The van der Waals surface area contributed by atoms with Crippen LogP contribution < -0.4 is 0 Å². The molecule has 0 aromatic carbocycles. The quantitative estimate of drug-likeness (QED) is 0.392. The monoisotopic (exact) mass is 537 g/mol. The van der Waals surface area contributed by atoms with E-state index in [4.69, 9.17) is 18.9 Å². The molecule has 2 saturated carbocycles. The Balaban J connectivity index is 1.83. The van der Waals surface area contributed by atoms with E-state index in [2.05, 4.69) is 6.58 Å². The van der Waals surface area contributed by atoms with Crippen molar-refractivity contribution in [3.05, 3.63) is 12.7 Å². The minimum Gasteiger partial charge on any atom is -0.461 e.